The number of rotatable bonds is 4. The SMILES string of the molecule is CS(=O)(=O)CC(=O)N1CC2(C1)OCc1cc(C3=NOC(c4cc(C(F)(F)F)cc(Cl)c4F)C3)ccc12. The molecule has 1 amide bonds. The molecule has 192 valence electrons. The monoisotopic (exact) mass is 546 g/mol. The Hall–Kier alpha value is -2.70. The van der Waals surface area contributed by atoms with Crippen LogP contribution in [-0.4, -0.2) is 50.0 Å². The van der Waals surface area contributed by atoms with Crippen molar-refractivity contribution in [2.45, 2.75) is 30.9 Å². The van der Waals surface area contributed by atoms with Crippen LogP contribution in [0.15, 0.2) is 35.5 Å². The minimum Gasteiger partial charge on any atom is -0.387 e. The number of carbonyl (C=O) groups excluding carboxylic acids is 1. The van der Waals surface area contributed by atoms with Gasteiger partial charge in [0.2, 0.25) is 5.91 Å². The van der Waals surface area contributed by atoms with E-state index in [-0.39, 0.29) is 31.7 Å². The average Bonchev–Trinajstić information content (AvgIpc) is 3.37. The van der Waals surface area contributed by atoms with Crippen molar-refractivity contribution in [3.05, 3.63) is 69.0 Å². The third kappa shape index (κ3) is 4.46. The summed E-state index contributed by atoms with van der Waals surface area (Å²) in [6, 6.07) is 6.58. The standard InChI is InChI=1S/C23H19ClF4N2O5S/c1-36(32,33)9-20(31)30-10-22(11-30)16-3-2-12(4-13(16)8-34-22)18-7-19(35-29-18)15-5-14(23(26,27)28)6-17(24)21(15)25/h2-6,19H,7-11H2,1H3. The van der Waals surface area contributed by atoms with E-state index in [1.165, 1.54) is 4.90 Å². The number of hydrogen-bond acceptors (Lipinski definition) is 6. The van der Waals surface area contributed by atoms with Crippen LogP contribution >= 0.6 is 11.6 Å². The highest BCUT2D eigenvalue weighted by Gasteiger charge is 2.52. The molecule has 0 saturated carbocycles. The smallest absolute Gasteiger partial charge is 0.387 e. The summed E-state index contributed by atoms with van der Waals surface area (Å²) < 4.78 is 82.8. The van der Waals surface area contributed by atoms with E-state index in [2.05, 4.69) is 5.16 Å². The maximum atomic E-state index is 14.5. The third-order valence-corrected chi connectivity index (χ3v) is 7.51. The summed E-state index contributed by atoms with van der Waals surface area (Å²) in [4.78, 5) is 18.9. The lowest BCUT2D eigenvalue weighted by Gasteiger charge is -2.47. The molecule has 5 rings (SSSR count). The van der Waals surface area contributed by atoms with Crippen LogP contribution in [0.5, 0.6) is 0 Å². The molecule has 36 heavy (non-hydrogen) atoms. The predicted molar refractivity (Wildman–Crippen MR) is 121 cm³/mol. The van der Waals surface area contributed by atoms with E-state index < -0.39 is 55.8 Å². The minimum absolute atomic E-state index is 0.0348. The Bertz CT molecular complexity index is 1400. The molecule has 0 aromatic heterocycles. The van der Waals surface area contributed by atoms with Crippen LogP contribution in [0.3, 0.4) is 0 Å². The summed E-state index contributed by atoms with van der Waals surface area (Å²) in [6.45, 7) is 0.720. The molecule has 1 unspecified atom stereocenters. The lowest BCUT2D eigenvalue weighted by atomic mass is 9.84. The van der Waals surface area contributed by atoms with Crippen molar-refractivity contribution in [3.63, 3.8) is 0 Å². The van der Waals surface area contributed by atoms with Gasteiger partial charge in [0.05, 0.1) is 36.0 Å². The highest BCUT2D eigenvalue weighted by Crippen LogP contribution is 2.44. The Morgan fingerprint density at radius 2 is 1.97 bits per heavy atom. The predicted octanol–water partition coefficient (Wildman–Crippen LogP) is 3.98. The first-order chi connectivity index (χ1) is 16.8. The van der Waals surface area contributed by atoms with Crippen molar-refractivity contribution in [3.8, 4) is 0 Å². The van der Waals surface area contributed by atoms with Crippen LogP contribution in [0.4, 0.5) is 17.6 Å². The van der Waals surface area contributed by atoms with Gasteiger partial charge in [-0.15, -0.1) is 0 Å². The molecule has 0 radical (unpaired) electrons. The average molecular weight is 547 g/mol. The summed E-state index contributed by atoms with van der Waals surface area (Å²) in [5.41, 5.74) is 0.643. The maximum Gasteiger partial charge on any atom is 0.416 e. The highest BCUT2D eigenvalue weighted by atomic mass is 35.5. The van der Waals surface area contributed by atoms with Crippen LogP contribution in [0.25, 0.3) is 0 Å². The summed E-state index contributed by atoms with van der Waals surface area (Å²) in [5.74, 6) is -2.04. The second kappa shape index (κ2) is 8.42. The minimum atomic E-state index is -4.70. The molecule has 3 heterocycles. The van der Waals surface area contributed by atoms with E-state index in [0.29, 0.717) is 23.4 Å². The molecule has 2 aromatic rings. The summed E-state index contributed by atoms with van der Waals surface area (Å²) in [6.07, 6.45) is -4.74. The molecule has 1 fully saturated rings. The number of oxime groups is 1. The zero-order valence-electron chi connectivity index (χ0n) is 18.7. The molecule has 0 bridgehead atoms. The molecule has 0 aliphatic carbocycles. The van der Waals surface area contributed by atoms with Crippen LogP contribution in [0, 0.1) is 5.82 Å². The number of sulfone groups is 1. The molecule has 13 heteroatoms. The number of halogens is 5. The van der Waals surface area contributed by atoms with E-state index in [1.54, 1.807) is 6.07 Å². The first-order valence-corrected chi connectivity index (χ1v) is 13.2. The summed E-state index contributed by atoms with van der Waals surface area (Å²) in [7, 11) is -3.44. The Labute approximate surface area is 208 Å². The molecule has 0 N–H and O–H groups in total. The van der Waals surface area contributed by atoms with E-state index in [1.807, 2.05) is 12.1 Å². The number of likely N-dealkylation sites (tertiary alicyclic amines) is 1. The van der Waals surface area contributed by atoms with Crippen LogP contribution in [0.2, 0.25) is 5.02 Å². The fraction of sp³-hybridized carbons (Fsp3) is 0.391. The first kappa shape index (κ1) is 25.0. The number of amides is 1. The van der Waals surface area contributed by atoms with Gasteiger partial charge >= 0.3 is 6.18 Å². The quantitative estimate of drug-likeness (QED) is 0.542. The molecule has 1 saturated heterocycles. The normalized spacial score (nSPS) is 20.7. The fourth-order valence-corrected chi connectivity index (χ4v) is 5.54. The number of hydrogen-bond donors (Lipinski definition) is 0. The van der Waals surface area contributed by atoms with Crippen molar-refractivity contribution in [2.75, 3.05) is 25.1 Å². The van der Waals surface area contributed by atoms with Gasteiger partial charge in [0.15, 0.2) is 15.9 Å². The topological polar surface area (TPSA) is 85.3 Å². The molecular weight excluding hydrogens is 528 g/mol. The number of benzene rings is 2. The molecule has 7 nitrogen and oxygen atoms in total. The van der Waals surface area contributed by atoms with Gasteiger partial charge in [0.1, 0.15) is 17.2 Å². The van der Waals surface area contributed by atoms with E-state index >= 15 is 0 Å². The second-order valence-electron chi connectivity index (χ2n) is 9.17. The van der Waals surface area contributed by atoms with Crippen molar-refractivity contribution in [2.24, 2.45) is 5.16 Å². The maximum absolute atomic E-state index is 14.5. The van der Waals surface area contributed by atoms with Crippen molar-refractivity contribution < 1.29 is 40.3 Å². The largest absolute Gasteiger partial charge is 0.416 e. The summed E-state index contributed by atoms with van der Waals surface area (Å²) in [5, 5.41) is 3.32. The third-order valence-electron chi connectivity index (χ3n) is 6.46. The lowest BCUT2D eigenvalue weighted by molar-refractivity contribution is -0.166. The van der Waals surface area contributed by atoms with Crippen LogP contribution < -0.4 is 0 Å². The van der Waals surface area contributed by atoms with Crippen molar-refractivity contribution in [1.82, 2.24) is 4.90 Å². The summed E-state index contributed by atoms with van der Waals surface area (Å²) >= 11 is 5.69. The number of ether oxygens (including phenoxy) is 1. The zero-order valence-corrected chi connectivity index (χ0v) is 20.3. The fourth-order valence-electron chi connectivity index (χ4n) is 4.68. The molecule has 2 aromatic carbocycles. The number of nitrogens with zero attached hydrogens (tertiary/aromatic N) is 2. The van der Waals surface area contributed by atoms with Gasteiger partial charge in [-0.2, -0.15) is 13.2 Å². The molecular formula is C23H19ClF4N2O5S. The van der Waals surface area contributed by atoms with Gasteiger partial charge in [-0.3, -0.25) is 4.79 Å². The first-order valence-electron chi connectivity index (χ1n) is 10.8. The Kier molecular flexibility index (Phi) is 5.84. The van der Waals surface area contributed by atoms with Crippen LogP contribution in [0.1, 0.15) is 40.3 Å². The van der Waals surface area contributed by atoms with Gasteiger partial charge in [0.25, 0.3) is 0 Å². The molecule has 1 atom stereocenters. The Morgan fingerprint density at radius 3 is 2.64 bits per heavy atom. The van der Waals surface area contributed by atoms with Gasteiger partial charge in [-0.05, 0) is 34.9 Å². The van der Waals surface area contributed by atoms with Crippen molar-refractivity contribution in [1.29, 1.82) is 0 Å². The number of alkyl halides is 3. The van der Waals surface area contributed by atoms with Crippen LogP contribution in [-0.2, 0) is 42.6 Å². The van der Waals surface area contributed by atoms with Gasteiger partial charge < -0.3 is 14.5 Å². The van der Waals surface area contributed by atoms with E-state index in [0.717, 1.165) is 17.4 Å². The second-order valence-corrected chi connectivity index (χ2v) is 11.7. The van der Waals surface area contributed by atoms with E-state index in [4.69, 9.17) is 21.2 Å². The zero-order chi connectivity index (χ0) is 26.0. The molecule has 3 aliphatic rings. The Balaban J connectivity index is 1.31. The lowest BCUT2D eigenvalue weighted by Crippen LogP contribution is -2.62. The number of carbonyl (C=O) groups is 1. The Morgan fingerprint density at radius 1 is 1.25 bits per heavy atom. The molecule has 3 aliphatic heterocycles. The van der Waals surface area contributed by atoms with Gasteiger partial charge in [-0.25, -0.2) is 12.8 Å². The number of fused-ring (bicyclic) bond motifs is 2. The molecule has 1 spiro atoms. The van der Waals surface area contributed by atoms with Gasteiger partial charge in [0, 0.05) is 18.2 Å². The van der Waals surface area contributed by atoms with Crippen molar-refractivity contribution >= 4 is 33.1 Å². The van der Waals surface area contributed by atoms with Gasteiger partial charge in [-0.1, -0.05) is 28.9 Å². The highest BCUT2D eigenvalue weighted by molar-refractivity contribution is 7.91. The van der Waals surface area contributed by atoms with E-state index in [9.17, 15) is 30.8 Å².